The van der Waals surface area contributed by atoms with Crippen molar-refractivity contribution in [2.24, 2.45) is 11.8 Å². The molecule has 1 atom stereocenters. The van der Waals surface area contributed by atoms with E-state index >= 15 is 0 Å². The van der Waals surface area contributed by atoms with Gasteiger partial charge >= 0.3 is 0 Å². The topological polar surface area (TPSA) is 88.9 Å². The van der Waals surface area contributed by atoms with E-state index in [9.17, 15) is 14.4 Å². The zero-order chi connectivity index (χ0) is 21.7. The number of ketones is 1. The molecule has 1 aliphatic heterocycles. The summed E-state index contributed by atoms with van der Waals surface area (Å²) in [6.07, 6.45) is 2.63. The number of likely N-dealkylation sites (tertiary alicyclic amines) is 1. The molecular formula is C23H28N2O5. The number of methoxy groups -OCH3 is 1. The van der Waals surface area contributed by atoms with E-state index in [1.165, 1.54) is 6.26 Å². The van der Waals surface area contributed by atoms with Crippen LogP contribution < -0.4 is 10.1 Å². The molecule has 0 unspecified atom stereocenters. The van der Waals surface area contributed by atoms with Crippen LogP contribution in [0.15, 0.2) is 47.1 Å². The highest BCUT2D eigenvalue weighted by Gasteiger charge is 2.33. The third-order valence-corrected chi connectivity index (χ3v) is 5.52. The van der Waals surface area contributed by atoms with Crippen molar-refractivity contribution in [3.63, 3.8) is 0 Å². The summed E-state index contributed by atoms with van der Waals surface area (Å²) in [6, 6.07) is 9.66. The lowest BCUT2D eigenvalue weighted by Gasteiger charge is -2.35. The van der Waals surface area contributed by atoms with Crippen molar-refractivity contribution in [3.05, 3.63) is 54.0 Å². The molecule has 1 fully saturated rings. The first-order valence-electron chi connectivity index (χ1n) is 10.2. The van der Waals surface area contributed by atoms with Crippen molar-refractivity contribution in [2.75, 3.05) is 20.2 Å². The molecule has 2 aromatic rings. The van der Waals surface area contributed by atoms with E-state index in [1.54, 1.807) is 48.4 Å². The van der Waals surface area contributed by atoms with Crippen molar-refractivity contribution < 1.29 is 23.5 Å². The Labute approximate surface area is 176 Å². The van der Waals surface area contributed by atoms with Crippen LogP contribution in [-0.2, 0) is 4.79 Å². The molecule has 1 aromatic carbocycles. The molecule has 0 saturated carbocycles. The Morgan fingerprint density at radius 1 is 1.10 bits per heavy atom. The molecule has 0 spiro atoms. The Morgan fingerprint density at radius 2 is 1.77 bits per heavy atom. The number of furan rings is 1. The molecule has 1 N–H and O–H groups in total. The Balaban J connectivity index is 1.58. The lowest BCUT2D eigenvalue weighted by molar-refractivity contribution is -0.135. The second kappa shape index (κ2) is 9.61. The van der Waals surface area contributed by atoms with Crippen molar-refractivity contribution in [2.45, 2.75) is 32.7 Å². The van der Waals surface area contributed by atoms with Crippen molar-refractivity contribution in [3.8, 4) is 5.75 Å². The number of carbonyl (C=O) groups excluding carboxylic acids is 3. The van der Waals surface area contributed by atoms with E-state index in [4.69, 9.17) is 9.15 Å². The van der Waals surface area contributed by atoms with Crippen LogP contribution in [-0.4, -0.2) is 48.7 Å². The van der Waals surface area contributed by atoms with Crippen molar-refractivity contribution in [1.82, 2.24) is 10.2 Å². The zero-order valence-corrected chi connectivity index (χ0v) is 17.6. The molecule has 0 aliphatic carbocycles. The van der Waals surface area contributed by atoms with Gasteiger partial charge in [-0.15, -0.1) is 0 Å². The second-order valence-corrected chi connectivity index (χ2v) is 7.86. The fourth-order valence-electron chi connectivity index (χ4n) is 3.68. The van der Waals surface area contributed by atoms with Crippen LogP contribution >= 0.6 is 0 Å². The van der Waals surface area contributed by atoms with Crippen LogP contribution in [0.25, 0.3) is 0 Å². The van der Waals surface area contributed by atoms with Crippen LogP contribution in [0.5, 0.6) is 5.75 Å². The summed E-state index contributed by atoms with van der Waals surface area (Å²) in [4.78, 5) is 39.9. The highest BCUT2D eigenvalue weighted by molar-refractivity contribution is 5.98. The average molecular weight is 412 g/mol. The summed E-state index contributed by atoms with van der Waals surface area (Å²) in [5.74, 6) is 0.265. The predicted molar refractivity (Wildman–Crippen MR) is 111 cm³/mol. The molecule has 1 saturated heterocycles. The van der Waals surface area contributed by atoms with Gasteiger partial charge in [-0.3, -0.25) is 14.4 Å². The number of nitrogens with zero attached hydrogens (tertiary/aromatic N) is 1. The Morgan fingerprint density at radius 3 is 2.30 bits per heavy atom. The summed E-state index contributed by atoms with van der Waals surface area (Å²) >= 11 is 0. The molecule has 7 nitrogen and oxygen atoms in total. The second-order valence-electron chi connectivity index (χ2n) is 7.86. The first-order valence-corrected chi connectivity index (χ1v) is 10.2. The lowest BCUT2D eigenvalue weighted by atomic mass is 9.88. The number of piperidine rings is 1. The number of hydrogen-bond donors (Lipinski definition) is 1. The van der Waals surface area contributed by atoms with Gasteiger partial charge < -0.3 is 19.4 Å². The maximum atomic E-state index is 13.0. The summed E-state index contributed by atoms with van der Waals surface area (Å²) in [5.41, 5.74) is 0.659. The Bertz CT molecular complexity index is 866. The van der Waals surface area contributed by atoms with Gasteiger partial charge in [0.25, 0.3) is 5.91 Å². The standard InChI is InChI=1S/C23H28N2O5/c1-15(2)20(24-22(27)19-5-4-14-30-19)23(28)25-12-10-17(11-13-25)21(26)16-6-8-18(29-3)9-7-16/h4-9,14-15,17,20H,10-13H2,1-3H3,(H,24,27)/t20-/m0/s1. The van der Waals surface area contributed by atoms with Crippen LogP contribution in [0.3, 0.4) is 0 Å². The largest absolute Gasteiger partial charge is 0.497 e. The Kier molecular flexibility index (Phi) is 6.92. The van der Waals surface area contributed by atoms with Crippen LogP contribution in [0, 0.1) is 11.8 Å². The molecule has 2 amide bonds. The third kappa shape index (κ3) is 4.90. The smallest absolute Gasteiger partial charge is 0.287 e. The van der Waals surface area contributed by atoms with Gasteiger partial charge in [0.15, 0.2) is 11.5 Å². The minimum absolute atomic E-state index is 0.0740. The number of carbonyl (C=O) groups is 3. The summed E-state index contributed by atoms with van der Waals surface area (Å²) in [5, 5.41) is 2.78. The van der Waals surface area contributed by atoms with Gasteiger partial charge in [-0.2, -0.15) is 0 Å². The molecular weight excluding hydrogens is 384 g/mol. The highest BCUT2D eigenvalue weighted by atomic mass is 16.5. The molecule has 1 aliphatic rings. The minimum atomic E-state index is -0.642. The van der Waals surface area contributed by atoms with Gasteiger partial charge in [-0.1, -0.05) is 13.8 Å². The molecule has 2 heterocycles. The van der Waals surface area contributed by atoms with E-state index < -0.39 is 11.9 Å². The quantitative estimate of drug-likeness (QED) is 0.706. The molecule has 30 heavy (non-hydrogen) atoms. The molecule has 0 radical (unpaired) electrons. The maximum Gasteiger partial charge on any atom is 0.287 e. The summed E-state index contributed by atoms with van der Waals surface area (Å²) < 4.78 is 10.3. The number of nitrogens with one attached hydrogen (secondary N) is 1. The highest BCUT2D eigenvalue weighted by Crippen LogP contribution is 2.24. The average Bonchev–Trinajstić information content (AvgIpc) is 3.31. The van der Waals surface area contributed by atoms with E-state index in [0.717, 1.165) is 0 Å². The van der Waals surface area contributed by atoms with Crippen LogP contribution in [0.2, 0.25) is 0 Å². The number of rotatable bonds is 7. The van der Waals surface area contributed by atoms with Gasteiger partial charge in [0, 0.05) is 24.6 Å². The maximum absolute atomic E-state index is 13.0. The number of hydrogen-bond acceptors (Lipinski definition) is 5. The van der Waals surface area contributed by atoms with E-state index in [2.05, 4.69) is 5.32 Å². The molecule has 3 rings (SSSR count). The predicted octanol–water partition coefficient (Wildman–Crippen LogP) is 3.16. The fraction of sp³-hybridized carbons (Fsp3) is 0.435. The number of ether oxygens (including phenoxy) is 1. The normalized spacial score (nSPS) is 15.7. The van der Waals surface area contributed by atoms with E-state index in [0.29, 0.717) is 37.2 Å². The first-order chi connectivity index (χ1) is 14.4. The van der Waals surface area contributed by atoms with Gasteiger partial charge in [0.05, 0.1) is 13.4 Å². The van der Waals surface area contributed by atoms with Gasteiger partial charge in [0.1, 0.15) is 11.8 Å². The summed E-state index contributed by atoms with van der Waals surface area (Å²) in [6.45, 7) is 4.77. The molecule has 1 aromatic heterocycles. The summed E-state index contributed by atoms with van der Waals surface area (Å²) in [7, 11) is 1.59. The number of amides is 2. The first kappa shape index (κ1) is 21.6. The lowest BCUT2D eigenvalue weighted by Crippen LogP contribution is -2.53. The minimum Gasteiger partial charge on any atom is -0.497 e. The molecule has 7 heteroatoms. The van der Waals surface area contributed by atoms with Gasteiger partial charge in [0.2, 0.25) is 5.91 Å². The van der Waals surface area contributed by atoms with Crippen LogP contribution in [0.1, 0.15) is 47.6 Å². The van der Waals surface area contributed by atoms with E-state index in [-0.39, 0.29) is 29.3 Å². The van der Waals surface area contributed by atoms with Crippen molar-refractivity contribution in [1.29, 1.82) is 0 Å². The van der Waals surface area contributed by atoms with Crippen LogP contribution in [0.4, 0.5) is 0 Å². The van der Waals surface area contributed by atoms with Crippen molar-refractivity contribution >= 4 is 17.6 Å². The van der Waals surface area contributed by atoms with E-state index in [1.807, 2.05) is 13.8 Å². The SMILES string of the molecule is COc1ccc(C(=O)C2CCN(C(=O)[C@@H](NC(=O)c3ccco3)C(C)C)CC2)cc1. The number of benzene rings is 1. The number of Topliss-reactive ketones (excluding diaryl/α,β-unsaturated/α-hetero) is 1. The third-order valence-electron chi connectivity index (χ3n) is 5.52. The zero-order valence-electron chi connectivity index (χ0n) is 17.6. The Hall–Kier alpha value is -3.09. The molecule has 0 bridgehead atoms. The molecule has 160 valence electrons. The van der Waals surface area contributed by atoms with Gasteiger partial charge in [-0.25, -0.2) is 0 Å². The monoisotopic (exact) mass is 412 g/mol. The fourth-order valence-corrected chi connectivity index (χ4v) is 3.68. The van der Waals surface area contributed by atoms with Gasteiger partial charge in [-0.05, 0) is 55.2 Å².